The number of nitrogens with two attached hydrogens (primary N) is 1. The number of halogens is 1. The standard InChI is InChI=1S/C9H12N2O5S.ClH/c1-17(14,15)11-7-4-6(10)2-3-8(7)16-5-9(12)13;/h2-4,11H,5,10H2,1H3,(H,12,13);1H/p-1. The van der Waals surface area contributed by atoms with Gasteiger partial charge in [-0.1, -0.05) is 0 Å². The third-order valence-corrected chi connectivity index (χ3v) is 2.24. The minimum absolute atomic E-state index is 0. The molecule has 0 saturated carbocycles. The molecule has 0 aromatic heterocycles. The van der Waals surface area contributed by atoms with Crippen LogP contribution in [-0.4, -0.2) is 27.2 Å². The Morgan fingerprint density at radius 2 is 2.11 bits per heavy atom. The number of nitrogen functional groups attached to an aromatic ring is 1. The van der Waals surface area contributed by atoms with Gasteiger partial charge in [0, 0.05) is 5.69 Å². The molecule has 0 amide bonds. The Hall–Kier alpha value is -1.67. The lowest BCUT2D eigenvalue weighted by molar-refractivity contribution is -0.307. The van der Waals surface area contributed by atoms with E-state index in [1.807, 2.05) is 0 Å². The molecule has 3 N–H and O–H groups in total. The first-order valence-electron chi connectivity index (χ1n) is 4.48. The fourth-order valence-electron chi connectivity index (χ4n) is 1.09. The summed E-state index contributed by atoms with van der Waals surface area (Å²) in [6, 6.07) is 4.15. The van der Waals surface area contributed by atoms with Crippen molar-refractivity contribution in [3.8, 4) is 5.75 Å². The maximum atomic E-state index is 11.1. The molecule has 0 aliphatic rings. The largest absolute Gasteiger partial charge is 0.546 e. The highest BCUT2D eigenvalue weighted by Crippen LogP contribution is 2.27. The van der Waals surface area contributed by atoms with E-state index in [4.69, 9.17) is 10.5 Å². The van der Waals surface area contributed by atoms with E-state index in [-0.39, 0.29) is 23.8 Å². The van der Waals surface area contributed by atoms with Gasteiger partial charge < -0.3 is 20.4 Å². The van der Waals surface area contributed by atoms with Gasteiger partial charge in [-0.2, -0.15) is 0 Å². The summed E-state index contributed by atoms with van der Waals surface area (Å²) in [5.74, 6) is -1.35. The van der Waals surface area contributed by atoms with Gasteiger partial charge >= 0.3 is 0 Å². The summed E-state index contributed by atoms with van der Waals surface area (Å²) in [7, 11) is -3.50. The highest BCUT2D eigenvalue weighted by Gasteiger charge is 2.09. The molecule has 0 atom stereocenters. The van der Waals surface area contributed by atoms with Crippen molar-refractivity contribution < 1.29 is 23.1 Å². The van der Waals surface area contributed by atoms with Gasteiger partial charge in [-0.05, 0) is 18.2 Å². The normalized spacial score (nSPS) is 10.3. The van der Waals surface area contributed by atoms with Crippen LogP contribution in [0.1, 0.15) is 0 Å². The molecule has 9 heteroatoms. The summed E-state index contributed by atoms with van der Waals surface area (Å²) in [5, 5.41) is 10.2. The van der Waals surface area contributed by atoms with Crippen LogP contribution >= 0.6 is 12.4 Å². The molecule has 18 heavy (non-hydrogen) atoms. The lowest BCUT2D eigenvalue weighted by Gasteiger charge is -2.13. The lowest BCUT2D eigenvalue weighted by Crippen LogP contribution is -2.29. The fraction of sp³-hybridized carbons (Fsp3) is 0.222. The molecule has 1 aromatic rings. The Balaban J connectivity index is 0.00000289. The van der Waals surface area contributed by atoms with Gasteiger partial charge in [0.1, 0.15) is 12.4 Å². The van der Waals surface area contributed by atoms with Crippen molar-refractivity contribution in [3.63, 3.8) is 0 Å². The molecule has 0 bridgehead atoms. The number of carboxylic acid groups (broad SMARTS) is 1. The number of benzene rings is 1. The van der Waals surface area contributed by atoms with Gasteiger partial charge in [-0.25, -0.2) is 8.42 Å². The minimum Gasteiger partial charge on any atom is -0.546 e. The van der Waals surface area contributed by atoms with E-state index in [9.17, 15) is 18.3 Å². The number of anilines is 2. The molecule has 102 valence electrons. The number of rotatable bonds is 5. The van der Waals surface area contributed by atoms with Gasteiger partial charge in [0.05, 0.1) is 17.9 Å². The highest BCUT2D eigenvalue weighted by molar-refractivity contribution is 7.92. The van der Waals surface area contributed by atoms with Crippen LogP contribution in [0.4, 0.5) is 11.4 Å². The van der Waals surface area contributed by atoms with Crippen molar-refractivity contribution in [2.45, 2.75) is 0 Å². The van der Waals surface area contributed by atoms with Crippen molar-refractivity contribution in [3.05, 3.63) is 18.2 Å². The van der Waals surface area contributed by atoms with Crippen molar-refractivity contribution in [1.29, 1.82) is 0 Å². The fourth-order valence-corrected chi connectivity index (χ4v) is 1.65. The van der Waals surface area contributed by atoms with Crippen LogP contribution in [-0.2, 0) is 14.8 Å². The number of hydrogen-bond acceptors (Lipinski definition) is 6. The molecule has 7 nitrogen and oxygen atoms in total. The number of carbonyl (C=O) groups excluding carboxylic acids is 1. The molecule has 1 aromatic carbocycles. The first-order valence-corrected chi connectivity index (χ1v) is 6.37. The predicted octanol–water partition coefficient (Wildman–Crippen LogP) is -0.809. The van der Waals surface area contributed by atoms with Gasteiger partial charge in [0.15, 0.2) is 0 Å². The van der Waals surface area contributed by atoms with Crippen molar-refractivity contribution in [2.75, 3.05) is 23.3 Å². The maximum absolute atomic E-state index is 11.1. The van der Waals surface area contributed by atoms with Gasteiger partial charge in [0.2, 0.25) is 10.0 Å². The summed E-state index contributed by atoms with van der Waals surface area (Å²) in [5.41, 5.74) is 5.88. The van der Waals surface area contributed by atoms with Crippen LogP contribution in [0.25, 0.3) is 0 Å². The van der Waals surface area contributed by atoms with E-state index < -0.39 is 22.6 Å². The predicted molar refractivity (Wildman–Crippen MR) is 67.1 cm³/mol. The molecule has 0 aliphatic heterocycles. The summed E-state index contributed by atoms with van der Waals surface area (Å²) in [6.45, 7) is -0.678. The van der Waals surface area contributed by atoms with Crippen LogP contribution in [0, 0.1) is 0 Å². The molecule has 0 radical (unpaired) electrons. The molecule has 1 rings (SSSR count). The summed E-state index contributed by atoms with van der Waals surface area (Å²) in [4.78, 5) is 10.2. The average Bonchev–Trinajstić information content (AvgIpc) is 2.13. The zero-order chi connectivity index (χ0) is 13.1. The number of carboxylic acids is 1. The van der Waals surface area contributed by atoms with Crippen LogP contribution in [0.5, 0.6) is 5.75 Å². The van der Waals surface area contributed by atoms with Gasteiger partial charge in [-0.15, -0.1) is 12.4 Å². The second kappa shape index (κ2) is 6.31. The first-order chi connectivity index (χ1) is 7.78. The van der Waals surface area contributed by atoms with E-state index in [1.54, 1.807) is 0 Å². The van der Waals surface area contributed by atoms with E-state index in [0.29, 0.717) is 5.69 Å². The number of hydrogen-bond donors (Lipinski definition) is 2. The van der Waals surface area contributed by atoms with Crippen LogP contribution < -0.4 is 20.3 Å². The van der Waals surface area contributed by atoms with Gasteiger partial charge in [0.25, 0.3) is 0 Å². The zero-order valence-electron chi connectivity index (χ0n) is 9.37. The third-order valence-electron chi connectivity index (χ3n) is 1.64. The first kappa shape index (κ1) is 16.3. The summed E-state index contributed by atoms with van der Waals surface area (Å²) in [6.07, 6.45) is 0.957. The lowest BCUT2D eigenvalue weighted by atomic mass is 10.2. The maximum Gasteiger partial charge on any atom is 0.229 e. The second-order valence-corrected chi connectivity index (χ2v) is 5.04. The number of sulfonamides is 1. The molecular weight excluding hydrogens is 284 g/mol. The van der Waals surface area contributed by atoms with Crippen molar-refractivity contribution in [1.82, 2.24) is 0 Å². The quantitative estimate of drug-likeness (QED) is 0.685. The number of carbonyl (C=O) groups is 1. The summed E-state index contributed by atoms with van der Waals surface area (Å²) < 4.78 is 29.2. The molecular formula is C9H12ClN2O5S-. The Kier molecular flexibility index (Phi) is 5.73. The topological polar surface area (TPSA) is 122 Å². The Morgan fingerprint density at radius 1 is 1.50 bits per heavy atom. The summed E-state index contributed by atoms with van der Waals surface area (Å²) >= 11 is 0. The number of aliphatic carboxylic acids is 1. The molecule has 0 spiro atoms. The van der Waals surface area contributed by atoms with E-state index in [0.717, 1.165) is 6.26 Å². The van der Waals surface area contributed by atoms with Crippen LogP contribution in [0.15, 0.2) is 18.2 Å². The minimum atomic E-state index is -3.50. The van der Waals surface area contributed by atoms with E-state index in [1.165, 1.54) is 18.2 Å². The highest BCUT2D eigenvalue weighted by atomic mass is 35.5. The van der Waals surface area contributed by atoms with Crippen molar-refractivity contribution >= 4 is 39.8 Å². The van der Waals surface area contributed by atoms with Crippen LogP contribution in [0.3, 0.4) is 0 Å². The zero-order valence-corrected chi connectivity index (χ0v) is 11.0. The SMILES string of the molecule is CS(=O)(=O)Nc1cc(N)ccc1OCC(=O)[O-].Cl. The molecule has 0 heterocycles. The third kappa shape index (κ3) is 5.60. The molecule has 0 aliphatic carbocycles. The van der Waals surface area contributed by atoms with Crippen LogP contribution in [0.2, 0.25) is 0 Å². The number of ether oxygens (including phenoxy) is 1. The monoisotopic (exact) mass is 295 g/mol. The van der Waals surface area contributed by atoms with Gasteiger partial charge in [-0.3, -0.25) is 4.72 Å². The van der Waals surface area contributed by atoms with Crippen molar-refractivity contribution in [2.24, 2.45) is 0 Å². The Bertz CT molecular complexity index is 532. The Morgan fingerprint density at radius 3 is 2.61 bits per heavy atom. The molecule has 0 saturated heterocycles. The van der Waals surface area contributed by atoms with E-state index >= 15 is 0 Å². The smallest absolute Gasteiger partial charge is 0.229 e. The average molecular weight is 296 g/mol. The Labute approximate surface area is 110 Å². The number of nitrogens with one attached hydrogen (secondary N) is 1. The second-order valence-electron chi connectivity index (χ2n) is 3.29. The molecule has 0 fully saturated rings. The molecule has 0 unspecified atom stereocenters. The van der Waals surface area contributed by atoms with E-state index in [2.05, 4.69) is 4.72 Å².